The maximum Gasteiger partial charge on any atom is 0.409 e. The van der Waals surface area contributed by atoms with Crippen LogP contribution < -0.4 is 5.32 Å². The molecule has 1 atom stereocenters. The van der Waals surface area contributed by atoms with E-state index in [-0.39, 0.29) is 6.09 Å². The minimum Gasteiger partial charge on any atom is -0.453 e. The molecule has 1 N–H and O–H groups in total. The molecule has 0 aliphatic carbocycles. The van der Waals surface area contributed by atoms with Crippen LogP contribution in [0.2, 0.25) is 0 Å². The van der Waals surface area contributed by atoms with Gasteiger partial charge in [0.05, 0.1) is 7.11 Å². The van der Waals surface area contributed by atoms with Gasteiger partial charge in [0.15, 0.2) is 0 Å². The minimum absolute atomic E-state index is 0.212. The number of rotatable bonds is 6. The van der Waals surface area contributed by atoms with Crippen LogP contribution in [0.1, 0.15) is 83.4 Å². The van der Waals surface area contributed by atoms with Gasteiger partial charge < -0.3 is 19.9 Å². The number of benzene rings is 1. The van der Waals surface area contributed by atoms with Gasteiger partial charge in [-0.3, -0.25) is 0 Å². The fraction of sp³-hybridized carbons (Fsp3) is 0.545. The Balaban J connectivity index is 0.00000135. The van der Waals surface area contributed by atoms with Gasteiger partial charge in [-0.1, -0.05) is 57.0 Å². The lowest BCUT2D eigenvalue weighted by atomic mass is 9.89. The summed E-state index contributed by atoms with van der Waals surface area (Å²) in [5.74, 6) is 0.404. The normalized spacial score (nSPS) is 18.5. The molecule has 38 heavy (non-hydrogen) atoms. The average Bonchev–Trinajstić information content (AvgIpc) is 2.92. The van der Waals surface area contributed by atoms with Crippen LogP contribution in [0, 0.1) is 19.8 Å². The second-order valence-corrected chi connectivity index (χ2v) is 10.0. The summed E-state index contributed by atoms with van der Waals surface area (Å²) in [6.45, 7) is 16.5. The Hall–Kier alpha value is -2.79. The molecule has 1 saturated heterocycles. The summed E-state index contributed by atoms with van der Waals surface area (Å²) in [4.78, 5) is 16.4. The molecule has 1 fully saturated rings. The summed E-state index contributed by atoms with van der Waals surface area (Å²) in [5.41, 5.74) is 9.03. The van der Waals surface area contributed by atoms with Gasteiger partial charge >= 0.3 is 6.09 Å². The molecule has 0 aromatic heterocycles. The van der Waals surface area contributed by atoms with Crippen molar-refractivity contribution in [3.8, 4) is 0 Å². The number of amides is 1. The van der Waals surface area contributed by atoms with E-state index >= 15 is 0 Å². The highest BCUT2D eigenvalue weighted by Crippen LogP contribution is 2.35. The highest BCUT2D eigenvalue weighted by molar-refractivity contribution is 5.70. The molecule has 2 heterocycles. The molecule has 2 aliphatic heterocycles. The van der Waals surface area contributed by atoms with E-state index in [0.717, 1.165) is 45.2 Å². The Kier molecular flexibility index (Phi) is 15.5. The molecule has 0 radical (unpaired) electrons. The van der Waals surface area contributed by atoms with Gasteiger partial charge in [0, 0.05) is 30.7 Å². The first kappa shape index (κ1) is 33.2. The number of nitrogens with zero attached hydrogens (tertiary/aromatic N) is 2. The zero-order valence-electron chi connectivity index (χ0n) is 25.8. The van der Waals surface area contributed by atoms with Crippen LogP contribution in [0.4, 0.5) is 4.79 Å². The molecule has 1 unspecified atom stereocenters. The summed E-state index contributed by atoms with van der Waals surface area (Å²) >= 11 is 0. The summed E-state index contributed by atoms with van der Waals surface area (Å²) < 4.78 is 5.01. The molecule has 1 aromatic rings. The fourth-order valence-corrected chi connectivity index (χ4v) is 4.95. The third-order valence-corrected chi connectivity index (χ3v) is 6.73. The van der Waals surface area contributed by atoms with E-state index in [9.17, 15) is 4.79 Å². The summed E-state index contributed by atoms with van der Waals surface area (Å²) in [5, 5.41) is 2.75. The quantitative estimate of drug-likeness (QED) is 0.408. The van der Waals surface area contributed by atoms with Crippen molar-refractivity contribution in [2.45, 2.75) is 80.6 Å². The number of aryl methyl sites for hydroxylation is 2. The van der Waals surface area contributed by atoms with Crippen LogP contribution in [0.3, 0.4) is 0 Å². The number of unbranched alkanes of at least 4 members (excludes halogenated alkanes) is 1. The number of ether oxygens (including phenoxy) is 1. The molecule has 2 aliphatic rings. The number of carbonyl (C=O) groups is 1. The van der Waals surface area contributed by atoms with Crippen LogP contribution in [0.15, 0.2) is 59.6 Å². The lowest BCUT2D eigenvalue weighted by Crippen LogP contribution is -2.40. The van der Waals surface area contributed by atoms with E-state index in [1.165, 1.54) is 46.3 Å². The number of hydrogen-bond acceptors (Lipinski definition) is 4. The molecule has 212 valence electrons. The van der Waals surface area contributed by atoms with E-state index in [2.05, 4.69) is 87.5 Å². The van der Waals surface area contributed by atoms with Crippen LogP contribution >= 0.6 is 0 Å². The molecular formula is C33H53N3O2. The molecule has 0 spiro atoms. The van der Waals surface area contributed by atoms with Gasteiger partial charge in [0.2, 0.25) is 0 Å². The smallest absolute Gasteiger partial charge is 0.409 e. The number of carbonyl (C=O) groups excluding carboxylic acids is 1. The van der Waals surface area contributed by atoms with E-state index in [1.807, 2.05) is 32.8 Å². The minimum atomic E-state index is -0.212. The third kappa shape index (κ3) is 9.83. The van der Waals surface area contributed by atoms with E-state index in [4.69, 9.17) is 4.74 Å². The van der Waals surface area contributed by atoms with E-state index in [0.29, 0.717) is 5.92 Å². The first-order valence-electron chi connectivity index (χ1n) is 14.3. The van der Waals surface area contributed by atoms with Crippen molar-refractivity contribution in [1.29, 1.82) is 0 Å². The zero-order valence-corrected chi connectivity index (χ0v) is 25.8. The molecule has 3 rings (SSSR count). The van der Waals surface area contributed by atoms with Gasteiger partial charge in [0.1, 0.15) is 0 Å². The van der Waals surface area contributed by atoms with Crippen LogP contribution in [-0.2, 0) is 4.74 Å². The predicted molar refractivity (Wildman–Crippen MR) is 164 cm³/mol. The molecule has 5 heteroatoms. The summed E-state index contributed by atoms with van der Waals surface area (Å²) in [7, 11) is 5.22. The van der Waals surface area contributed by atoms with Gasteiger partial charge in [-0.25, -0.2) is 4.79 Å². The SMILES string of the molecule is CC.CCC/C=C1\C=C(C)C=CN1/C(CC1CCCN(C(=O)OC)C1)=C(\C)c1ccc(C)cc1C.CNC. The highest BCUT2D eigenvalue weighted by atomic mass is 16.5. The lowest BCUT2D eigenvalue weighted by molar-refractivity contribution is 0.101. The van der Waals surface area contributed by atoms with Gasteiger partial charge in [-0.15, -0.1) is 0 Å². The Morgan fingerprint density at radius 1 is 1.18 bits per heavy atom. The van der Waals surface area contributed by atoms with Crippen LogP contribution in [-0.4, -0.2) is 50.2 Å². The van der Waals surface area contributed by atoms with Gasteiger partial charge in [0.25, 0.3) is 0 Å². The summed E-state index contributed by atoms with van der Waals surface area (Å²) in [6.07, 6.45) is 14.1. The standard InChI is InChI=1S/C29H40N2O2.C2H7N.C2H6/c1-7-8-11-26-18-22(3)14-16-31(26)28(24(5)27-13-12-21(2)17-23(27)4)19-25-10-9-15-30(20-25)29(32)33-6;1-3-2;1-2/h11-14,16-18,25H,7-10,15,19-20H2,1-6H3;3H,1-2H3;1-2H3/b26-11+,28-24+;;. The first-order valence-corrected chi connectivity index (χ1v) is 14.3. The number of hydrogen-bond donors (Lipinski definition) is 1. The number of piperidine rings is 1. The third-order valence-electron chi connectivity index (χ3n) is 6.73. The Labute approximate surface area is 233 Å². The van der Waals surface area contributed by atoms with Gasteiger partial charge in [-0.2, -0.15) is 0 Å². The number of likely N-dealkylation sites (tertiary alicyclic amines) is 1. The van der Waals surface area contributed by atoms with Crippen molar-refractivity contribution >= 4 is 11.7 Å². The molecule has 1 aromatic carbocycles. The van der Waals surface area contributed by atoms with Crippen molar-refractivity contribution < 1.29 is 9.53 Å². The predicted octanol–water partition coefficient (Wildman–Crippen LogP) is 8.22. The van der Waals surface area contributed by atoms with Crippen LogP contribution in [0.5, 0.6) is 0 Å². The maximum absolute atomic E-state index is 12.2. The Bertz CT molecular complexity index is 1000. The first-order chi connectivity index (χ1) is 18.2. The second-order valence-electron chi connectivity index (χ2n) is 10.0. The Morgan fingerprint density at radius 3 is 2.47 bits per heavy atom. The molecule has 1 amide bonds. The van der Waals surface area contributed by atoms with E-state index in [1.54, 1.807) is 0 Å². The largest absolute Gasteiger partial charge is 0.453 e. The van der Waals surface area contributed by atoms with Crippen molar-refractivity contribution in [1.82, 2.24) is 15.1 Å². The lowest BCUT2D eigenvalue weighted by Gasteiger charge is -2.36. The van der Waals surface area contributed by atoms with Crippen molar-refractivity contribution in [3.63, 3.8) is 0 Å². The van der Waals surface area contributed by atoms with Crippen LogP contribution in [0.25, 0.3) is 5.57 Å². The van der Waals surface area contributed by atoms with Crippen molar-refractivity contribution in [3.05, 3.63) is 76.3 Å². The zero-order chi connectivity index (χ0) is 28.7. The second kappa shape index (κ2) is 17.7. The number of allylic oxidation sites excluding steroid dienone is 6. The average molecular weight is 524 g/mol. The molecule has 0 saturated carbocycles. The fourth-order valence-electron chi connectivity index (χ4n) is 4.95. The number of methoxy groups -OCH3 is 1. The number of nitrogens with one attached hydrogen (secondary N) is 1. The monoisotopic (exact) mass is 523 g/mol. The summed E-state index contributed by atoms with van der Waals surface area (Å²) in [6, 6.07) is 6.72. The van der Waals surface area contributed by atoms with E-state index < -0.39 is 0 Å². The molecule has 5 nitrogen and oxygen atoms in total. The van der Waals surface area contributed by atoms with Crippen molar-refractivity contribution in [2.24, 2.45) is 5.92 Å². The molecular weight excluding hydrogens is 470 g/mol. The maximum atomic E-state index is 12.2. The van der Waals surface area contributed by atoms with Gasteiger partial charge in [-0.05, 0) is 108 Å². The highest BCUT2D eigenvalue weighted by Gasteiger charge is 2.28. The Morgan fingerprint density at radius 2 is 1.87 bits per heavy atom. The van der Waals surface area contributed by atoms with Crippen molar-refractivity contribution in [2.75, 3.05) is 34.3 Å². The topological polar surface area (TPSA) is 44.8 Å². The molecule has 0 bridgehead atoms.